The lowest BCUT2D eigenvalue weighted by Gasteiger charge is -2.27. The number of carbonyl (C=O) groups is 1. The lowest BCUT2D eigenvalue weighted by molar-refractivity contribution is -0.0405. The Hall–Kier alpha value is -0.870. The van der Waals surface area contributed by atoms with Gasteiger partial charge in [-0.25, -0.2) is 13.6 Å². The standard InChI is InChI=1S/C11H17F2NO2/c1-10(2,3)16-9(15)14-7-4-5-8(14)11(12,13)6-7/h7-8H,4-6H2,1-3H3. The third-order valence-corrected chi connectivity index (χ3v) is 3.10. The second-order valence-corrected chi connectivity index (χ2v) is 5.60. The van der Waals surface area contributed by atoms with Crippen LogP contribution in [0.4, 0.5) is 13.6 Å². The van der Waals surface area contributed by atoms with Gasteiger partial charge in [-0.3, -0.25) is 4.90 Å². The Morgan fingerprint density at radius 1 is 1.38 bits per heavy atom. The Kier molecular flexibility index (Phi) is 2.40. The fourth-order valence-corrected chi connectivity index (χ4v) is 2.54. The number of nitrogens with zero attached hydrogens (tertiary/aromatic N) is 1. The molecule has 0 saturated carbocycles. The molecule has 3 nitrogen and oxygen atoms in total. The topological polar surface area (TPSA) is 29.5 Å². The summed E-state index contributed by atoms with van der Waals surface area (Å²) in [4.78, 5) is 13.0. The van der Waals surface area contributed by atoms with Gasteiger partial charge in [-0.15, -0.1) is 0 Å². The van der Waals surface area contributed by atoms with Crippen molar-refractivity contribution in [3.05, 3.63) is 0 Å². The first-order valence-electron chi connectivity index (χ1n) is 5.60. The molecular formula is C11H17F2NO2. The summed E-state index contributed by atoms with van der Waals surface area (Å²) in [6, 6.07) is -1.29. The summed E-state index contributed by atoms with van der Waals surface area (Å²) < 4.78 is 32.0. The van der Waals surface area contributed by atoms with Crippen LogP contribution in [0.2, 0.25) is 0 Å². The van der Waals surface area contributed by atoms with Crippen LogP contribution in [0.1, 0.15) is 40.0 Å². The van der Waals surface area contributed by atoms with Gasteiger partial charge in [-0.2, -0.15) is 0 Å². The first-order valence-corrected chi connectivity index (χ1v) is 5.60. The fraction of sp³-hybridized carbons (Fsp3) is 0.909. The van der Waals surface area contributed by atoms with Crippen molar-refractivity contribution >= 4 is 6.09 Å². The molecule has 2 fully saturated rings. The molecule has 0 aromatic rings. The average molecular weight is 233 g/mol. The van der Waals surface area contributed by atoms with E-state index in [1.54, 1.807) is 20.8 Å². The normalized spacial score (nSPS) is 31.9. The minimum absolute atomic E-state index is 0.211. The SMILES string of the molecule is CC(C)(C)OC(=O)N1C2CCC1C(F)(F)C2. The highest BCUT2D eigenvalue weighted by molar-refractivity contribution is 5.70. The predicted molar refractivity (Wildman–Crippen MR) is 54.4 cm³/mol. The van der Waals surface area contributed by atoms with Gasteiger partial charge in [0.05, 0.1) is 6.04 Å². The third kappa shape index (κ3) is 1.87. The molecule has 0 aromatic carbocycles. The van der Waals surface area contributed by atoms with Crippen LogP contribution in [0.25, 0.3) is 0 Å². The van der Waals surface area contributed by atoms with Crippen LogP contribution in [0.5, 0.6) is 0 Å². The predicted octanol–water partition coefficient (Wildman–Crippen LogP) is 2.79. The first-order chi connectivity index (χ1) is 7.21. The van der Waals surface area contributed by atoms with Crippen molar-refractivity contribution in [2.24, 2.45) is 0 Å². The number of hydrogen-bond donors (Lipinski definition) is 0. The molecule has 2 aliphatic rings. The van der Waals surface area contributed by atoms with Crippen LogP contribution in [-0.2, 0) is 4.74 Å². The molecule has 0 radical (unpaired) electrons. The molecule has 0 aliphatic carbocycles. The van der Waals surface area contributed by atoms with Gasteiger partial charge >= 0.3 is 6.09 Å². The van der Waals surface area contributed by atoms with E-state index in [4.69, 9.17) is 4.74 Å². The summed E-state index contributed by atoms with van der Waals surface area (Å²) in [7, 11) is 0. The third-order valence-electron chi connectivity index (χ3n) is 3.10. The quantitative estimate of drug-likeness (QED) is 0.644. The number of halogens is 2. The highest BCUT2D eigenvalue weighted by Crippen LogP contribution is 2.47. The molecular weight excluding hydrogens is 216 g/mol. The molecule has 16 heavy (non-hydrogen) atoms. The Morgan fingerprint density at radius 2 is 2.00 bits per heavy atom. The van der Waals surface area contributed by atoms with Crippen molar-refractivity contribution in [3.8, 4) is 0 Å². The van der Waals surface area contributed by atoms with E-state index in [-0.39, 0.29) is 12.5 Å². The van der Waals surface area contributed by atoms with Crippen molar-refractivity contribution in [2.45, 2.75) is 63.6 Å². The lowest BCUT2D eigenvalue weighted by Crippen LogP contribution is -2.42. The average Bonchev–Trinajstić information content (AvgIpc) is 2.52. The van der Waals surface area contributed by atoms with Crippen LogP contribution in [-0.4, -0.2) is 34.6 Å². The van der Waals surface area contributed by atoms with Crippen molar-refractivity contribution in [1.82, 2.24) is 4.90 Å². The number of carbonyl (C=O) groups excluding carboxylic acids is 1. The maximum Gasteiger partial charge on any atom is 0.410 e. The number of ether oxygens (including phenoxy) is 1. The highest BCUT2D eigenvalue weighted by atomic mass is 19.3. The van der Waals surface area contributed by atoms with Gasteiger partial charge in [-0.05, 0) is 33.6 Å². The van der Waals surface area contributed by atoms with Gasteiger partial charge in [0.2, 0.25) is 0 Å². The number of rotatable bonds is 0. The molecule has 2 bridgehead atoms. The van der Waals surface area contributed by atoms with Crippen LogP contribution in [0, 0.1) is 0 Å². The zero-order valence-corrected chi connectivity index (χ0v) is 9.80. The summed E-state index contributed by atoms with van der Waals surface area (Å²) in [5.74, 6) is -2.74. The minimum Gasteiger partial charge on any atom is -0.444 e. The van der Waals surface area contributed by atoms with Crippen LogP contribution in [0.15, 0.2) is 0 Å². The zero-order valence-electron chi connectivity index (χ0n) is 9.80. The highest BCUT2D eigenvalue weighted by Gasteiger charge is 2.60. The monoisotopic (exact) mass is 233 g/mol. The van der Waals surface area contributed by atoms with Gasteiger partial charge in [0.15, 0.2) is 0 Å². The number of amides is 1. The molecule has 1 amide bonds. The van der Waals surface area contributed by atoms with E-state index < -0.39 is 23.7 Å². The molecule has 92 valence electrons. The maximum absolute atomic E-state index is 13.4. The van der Waals surface area contributed by atoms with Crippen LogP contribution < -0.4 is 0 Å². The molecule has 2 atom stereocenters. The van der Waals surface area contributed by atoms with E-state index in [1.807, 2.05) is 0 Å². The van der Waals surface area contributed by atoms with E-state index in [9.17, 15) is 13.6 Å². The van der Waals surface area contributed by atoms with E-state index >= 15 is 0 Å². The number of hydrogen-bond acceptors (Lipinski definition) is 2. The largest absolute Gasteiger partial charge is 0.444 e. The Balaban J connectivity index is 2.10. The van der Waals surface area contributed by atoms with Gasteiger partial charge < -0.3 is 4.74 Å². The number of alkyl halides is 2. The molecule has 2 rings (SSSR count). The van der Waals surface area contributed by atoms with Crippen molar-refractivity contribution in [3.63, 3.8) is 0 Å². The Labute approximate surface area is 93.7 Å². The smallest absolute Gasteiger partial charge is 0.410 e. The van der Waals surface area contributed by atoms with Gasteiger partial charge in [0.1, 0.15) is 5.60 Å². The zero-order chi connectivity index (χ0) is 12.1. The minimum atomic E-state index is -2.74. The Morgan fingerprint density at radius 3 is 2.38 bits per heavy atom. The van der Waals surface area contributed by atoms with Gasteiger partial charge in [-0.1, -0.05) is 0 Å². The second kappa shape index (κ2) is 3.31. The summed E-state index contributed by atoms with van der Waals surface area (Å²) in [5, 5.41) is 0. The summed E-state index contributed by atoms with van der Waals surface area (Å²) >= 11 is 0. The maximum atomic E-state index is 13.4. The Bertz CT molecular complexity index is 312. The molecule has 2 heterocycles. The first kappa shape index (κ1) is 11.6. The molecule has 2 unspecified atom stereocenters. The lowest BCUT2D eigenvalue weighted by atomic mass is 9.97. The van der Waals surface area contributed by atoms with E-state index in [0.717, 1.165) is 0 Å². The summed E-state index contributed by atoms with van der Waals surface area (Å²) in [5.41, 5.74) is -0.631. The van der Waals surface area contributed by atoms with E-state index in [0.29, 0.717) is 12.8 Å². The molecule has 5 heteroatoms. The van der Waals surface area contributed by atoms with Crippen LogP contribution >= 0.6 is 0 Å². The van der Waals surface area contributed by atoms with E-state index in [1.165, 1.54) is 4.90 Å². The molecule has 2 saturated heterocycles. The van der Waals surface area contributed by atoms with Crippen molar-refractivity contribution in [1.29, 1.82) is 0 Å². The van der Waals surface area contributed by atoms with Gasteiger partial charge in [0.25, 0.3) is 5.92 Å². The van der Waals surface area contributed by atoms with Crippen LogP contribution in [0.3, 0.4) is 0 Å². The fourth-order valence-electron chi connectivity index (χ4n) is 2.54. The van der Waals surface area contributed by atoms with Gasteiger partial charge in [0, 0.05) is 12.5 Å². The summed E-state index contributed by atoms with van der Waals surface area (Å²) in [6.45, 7) is 5.21. The van der Waals surface area contributed by atoms with Crippen molar-refractivity contribution in [2.75, 3.05) is 0 Å². The second-order valence-electron chi connectivity index (χ2n) is 5.60. The van der Waals surface area contributed by atoms with Crippen molar-refractivity contribution < 1.29 is 18.3 Å². The van der Waals surface area contributed by atoms with E-state index in [2.05, 4.69) is 0 Å². The molecule has 0 N–H and O–H groups in total. The number of fused-ring (bicyclic) bond motifs is 2. The molecule has 0 spiro atoms. The summed E-state index contributed by atoms with van der Waals surface area (Å²) in [6.07, 6.45) is 0.241. The molecule has 0 aromatic heterocycles. The molecule has 2 aliphatic heterocycles.